The van der Waals surface area contributed by atoms with Crippen molar-refractivity contribution in [1.82, 2.24) is 14.9 Å². The molecule has 1 N–H and O–H groups in total. The maximum Gasteiger partial charge on any atom is 0.274 e. The van der Waals surface area contributed by atoms with Crippen LogP contribution in [-0.2, 0) is 6.61 Å². The number of anilines is 1. The van der Waals surface area contributed by atoms with Gasteiger partial charge in [-0.05, 0) is 55.3 Å². The molecule has 0 bridgehead atoms. The Morgan fingerprint density at radius 3 is 2.66 bits per heavy atom. The first kappa shape index (κ1) is 22.4. The third-order valence-corrected chi connectivity index (χ3v) is 4.63. The summed E-state index contributed by atoms with van der Waals surface area (Å²) >= 11 is 0. The van der Waals surface area contributed by atoms with Gasteiger partial charge in [0.15, 0.2) is 6.19 Å². The summed E-state index contributed by atoms with van der Waals surface area (Å²) < 4.78 is 5.63. The van der Waals surface area contributed by atoms with Gasteiger partial charge in [0.2, 0.25) is 0 Å². The number of carbonyl (C=O) groups excluding carboxylic acids is 2. The molecule has 0 spiro atoms. The Morgan fingerprint density at radius 1 is 1.16 bits per heavy atom. The molecule has 0 saturated heterocycles. The van der Waals surface area contributed by atoms with E-state index in [1.54, 1.807) is 36.5 Å². The molecule has 8 nitrogen and oxygen atoms in total. The van der Waals surface area contributed by atoms with E-state index < -0.39 is 11.8 Å². The number of amides is 2. The van der Waals surface area contributed by atoms with Crippen LogP contribution in [0.25, 0.3) is 0 Å². The van der Waals surface area contributed by atoms with E-state index in [0.717, 1.165) is 16.2 Å². The number of hydrogen-bond acceptors (Lipinski definition) is 6. The number of nitrogens with zero attached hydrogens (tertiary/aromatic N) is 4. The molecule has 0 unspecified atom stereocenters. The largest absolute Gasteiger partial charge is 0.486 e. The Bertz CT molecular complexity index is 1120. The molecule has 8 heteroatoms. The van der Waals surface area contributed by atoms with Gasteiger partial charge < -0.3 is 10.1 Å². The monoisotopic (exact) mass is 429 g/mol. The van der Waals surface area contributed by atoms with Gasteiger partial charge in [0.05, 0.1) is 11.9 Å². The van der Waals surface area contributed by atoms with E-state index in [1.807, 2.05) is 38.2 Å². The van der Waals surface area contributed by atoms with Gasteiger partial charge >= 0.3 is 0 Å². The number of hydrogen-bond donors (Lipinski definition) is 1. The first-order valence-corrected chi connectivity index (χ1v) is 10.1. The smallest absolute Gasteiger partial charge is 0.274 e. The second-order valence-corrected chi connectivity index (χ2v) is 7.03. The van der Waals surface area contributed by atoms with E-state index in [4.69, 9.17) is 4.74 Å². The van der Waals surface area contributed by atoms with Gasteiger partial charge in [-0.15, -0.1) is 0 Å². The van der Waals surface area contributed by atoms with Crippen LogP contribution in [0.5, 0.6) is 5.75 Å². The normalized spacial score (nSPS) is 10.2. The highest BCUT2D eigenvalue weighted by atomic mass is 16.5. The average molecular weight is 429 g/mol. The summed E-state index contributed by atoms with van der Waals surface area (Å²) in [7, 11) is 0. The number of nitriles is 1. The van der Waals surface area contributed by atoms with Gasteiger partial charge in [-0.3, -0.25) is 14.6 Å². The fourth-order valence-electron chi connectivity index (χ4n) is 2.89. The number of aryl methyl sites for hydroxylation is 1. The van der Waals surface area contributed by atoms with Gasteiger partial charge in [-0.1, -0.05) is 19.1 Å². The second kappa shape index (κ2) is 10.7. The lowest BCUT2D eigenvalue weighted by atomic mass is 10.1. The molecule has 0 aliphatic rings. The van der Waals surface area contributed by atoms with Crippen LogP contribution >= 0.6 is 0 Å². The molecule has 1 aromatic carbocycles. The number of rotatable bonds is 8. The third-order valence-electron chi connectivity index (χ3n) is 4.63. The van der Waals surface area contributed by atoms with Crippen molar-refractivity contribution in [2.45, 2.75) is 26.9 Å². The number of aromatic nitrogens is 2. The summed E-state index contributed by atoms with van der Waals surface area (Å²) in [5, 5.41) is 12.0. The van der Waals surface area contributed by atoms with E-state index in [1.165, 1.54) is 6.20 Å². The van der Waals surface area contributed by atoms with Crippen molar-refractivity contribution < 1.29 is 14.3 Å². The molecule has 3 aromatic rings. The molecule has 0 fully saturated rings. The third kappa shape index (κ3) is 5.67. The Morgan fingerprint density at radius 2 is 2.00 bits per heavy atom. The van der Waals surface area contributed by atoms with E-state index in [2.05, 4.69) is 15.3 Å². The molecule has 0 saturated carbocycles. The van der Waals surface area contributed by atoms with Crippen LogP contribution in [-0.4, -0.2) is 33.2 Å². The lowest BCUT2D eigenvalue weighted by Crippen LogP contribution is -2.27. The van der Waals surface area contributed by atoms with Gasteiger partial charge in [0.1, 0.15) is 18.1 Å². The minimum Gasteiger partial charge on any atom is -0.486 e. The zero-order valence-electron chi connectivity index (χ0n) is 17.9. The maximum atomic E-state index is 12.7. The maximum absolute atomic E-state index is 12.7. The molecule has 0 aliphatic carbocycles. The first-order valence-electron chi connectivity index (χ1n) is 10.1. The first-order chi connectivity index (χ1) is 15.5. The molecule has 3 rings (SSSR count). The van der Waals surface area contributed by atoms with Gasteiger partial charge in [0.25, 0.3) is 11.8 Å². The van der Waals surface area contributed by atoms with Crippen LogP contribution in [0.1, 0.15) is 45.4 Å². The van der Waals surface area contributed by atoms with E-state index in [0.29, 0.717) is 36.6 Å². The zero-order valence-corrected chi connectivity index (χ0v) is 17.9. The Labute approximate surface area is 186 Å². The van der Waals surface area contributed by atoms with Crippen molar-refractivity contribution in [3.63, 3.8) is 0 Å². The lowest BCUT2D eigenvalue weighted by molar-refractivity contribution is 0.0831. The fourth-order valence-corrected chi connectivity index (χ4v) is 2.89. The molecule has 0 radical (unpaired) electrons. The summed E-state index contributed by atoms with van der Waals surface area (Å²) in [6.45, 7) is 4.34. The molecule has 2 amide bonds. The quantitative estimate of drug-likeness (QED) is 0.429. The predicted molar refractivity (Wildman–Crippen MR) is 119 cm³/mol. The average Bonchev–Trinajstić information content (AvgIpc) is 2.83. The minimum atomic E-state index is -0.417. The van der Waals surface area contributed by atoms with E-state index >= 15 is 0 Å². The van der Waals surface area contributed by atoms with Crippen molar-refractivity contribution >= 4 is 17.5 Å². The van der Waals surface area contributed by atoms with Crippen LogP contribution in [0.15, 0.2) is 60.9 Å². The summed E-state index contributed by atoms with van der Waals surface area (Å²) in [5.74, 6) is -0.305. The summed E-state index contributed by atoms with van der Waals surface area (Å²) in [6, 6.07) is 13.7. The molecular formula is C24H23N5O3. The summed E-state index contributed by atoms with van der Waals surface area (Å²) in [6.07, 6.45) is 5.73. The Hall–Kier alpha value is -4.25. The molecule has 162 valence electrons. The molecule has 2 aromatic heterocycles. The predicted octanol–water partition coefficient (Wildman–Crippen LogP) is 3.95. The van der Waals surface area contributed by atoms with Crippen molar-refractivity contribution in [3.8, 4) is 11.9 Å². The number of nitrogens with one attached hydrogen (secondary N) is 1. The summed E-state index contributed by atoms with van der Waals surface area (Å²) in [4.78, 5) is 34.7. The SMILES string of the molecule is CCCN(C#N)C(=O)c1ccc(C)c(NC(=O)c2ccc(OCc3ccccn3)cn2)c1. The van der Waals surface area contributed by atoms with Gasteiger partial charge in [-0.25, -0.2) is 9.88 Å². The molecular weight excluding hydrogens is 406 g/mol. The molecule has 0 atom stereocenters. The molecule has 2 heterocycles. The minimum absolute atomic E-state index is 0.205. The van der Waals surface area contributed by atoms with Crippen LogP contribution in [0.3, 0.4) is 0 Å². The van der Waals surface area contributed by atoms with Gasteiger partial charge in [0, 0.05) is 24.0 Å². The van der Waals surface area contributed by atoms with E-state index in [-0.39, 0.29) is 5.69 Å². The molecule has 0 aliphatic heterocycles. The number of benzene rings is 1. The van der Waals surface area contributed by atoms with E-state index in [9.17, 15) is 14.9 Å². The fraction of sp³-hybridized carbons (Fsp3) is 0.208. The standard InChI is InChI=1S/C24H23N5O3/c1-3-12-29(16-25)24(31)18-8-7-17(2)22(13-18)28-23(30)21-10-9-20(14-27-21)32-15-19-6-4-5-11-26-19/h4-11,13-14H,3,12,15H2,1-2H3,(H,28,30). The lowest BCUT2D eigenvalue weighted by Gasteiger charge is -2.14. The van der Waals surface area contributed by atoms with Crippen LogP contribution < -0.4 is 10.1 Å². The Kier molecular flexibility index (Phi) is 7.49. The van der Waals surface area contributed by atoms with Gasteiger partial charge in [-0.2, -0.15) is 5.26 Å². The van der Waals surface area contributed by atoms with Crippen molar-refractivity contribution in [2.75, 3.05) is 11.9 Å². The van der Waals surface area contributed by atoms with Crippen LogP contribution in [0, 0.1) is 18.4 Å². The number of carbonyl (C=O) groups is 2. The summed E-state index contributed by atoms with van der Waals surface area (Å²) in [5.41, 5.74) is 2.58. The second-order valence-electron chi connectivity index (χ2n) is 7.03. The van der Waals surface area contributed by atoms with Crippen LogP contribution in [0.2, 0.25) is 0 Å². The Balaban J connectivity index is 1.67. The van der Waals surface area contributed by atoms with Crippen molar-refractivity contribution in [3.05, 3.63) is 83.4 Å². The highest BCUT2D eigenvalue weighted by Gasteiger charge is 2.17. The topological polar surface area (TPSA) is 108 Å². The highest BCUT2D eigenvalue weighted by Crippen LogP contribution is 2.20. The van der Waals surface area contributed by atoms with Crippen molar-refractivity contribution in [1.29, 1.82) is 5.26 Å². The number of ether oxygens (including phenoxy) is 1. The molecule has 32 heavy (non-hydrogen) atoms. The zero-order chi connectivity index (χ0) is 22.9. The van der Waals surface area contributed by atoms with Crippen LogP contribution in [0.4, 0.5) is 5.69 Å². The highest BCUT2D eigenvalue weighted by molar-refractivity contribution is 6.04. The number of pyridine rings is 2. The van der Waals surface area contributed by atoms with Crippen molar-refractivity contribution in [2.24, 2.45) is 0 Å².